The van der Waals surface area contributed by atoms with Crippen molar-refractivity contribution in [2.45, 2.75) is 82.7 Å². The number of rotatable bonds is 2. The smallest absolute Gasteiger partial charge is 0.264 e. The Kier molecular flexibility index (Phi) is 9.93. The molecule has 11 heteroatoms. The number of carbonyl (C=O) groups is 1. The van der Waals surface area contributed by atoms with E-state index in [1.807, 2.05) is 44.6 Å². The second-order valence-corrected chi connectivity index (χ2v) is 16.2. The quantitative estimate of drug-likeness (QED) is 0.324. The highest BCUT2D eigenvalue weighted by Crippen LogP contribution is 2.52. The van der Waals surface area contributed by atoms with Crippen LogP contribution in [0.3, 0.4) is 0 Å². The monoisotopic (exact) mass is 682 g/mol. The molecule has 1 aromatic heterocycles. The Balaban J connectivity index is 1.43. The molecular weight excluding hydrogens is 636 g/mol. The molecule has 2 aromatic carbocycles. The third-order valence-electron chi connectivity index (χ3n) is 11.0. The van der Waals surface area contributed by atoms with Gasteiger partial charge in [-0.3, -0.25) is 4.79 Å². The second-order valence-electron chi connectivity index (χ2n) is 13.7. The minimum atomic E-state index is -3.93. The lowest BCUT2D eigenvalue weighted by molar-refractivity contribution is -0.129. The van der Waals surface area contributed by atoms with Crippen LogP contribution in [0.15, 0.2) is 48.8 Å². The van der Waals surface area contributed by atoms with Gasteiger partial charge < -0.3 is 18.9 Å². The normalized spacial score (nSPS) is 28.4. The summed E-state index contributed by atoms with van der Waals surface area (Å²) in [5.74, 6) is 1.32. The molecule has 0 unspecified atom stereocenters. The number of benzene rings is 2. The fraction of sp³-hybridized carbons (Fsp3) is 0.556. The first kappa shape index (κ1) is 33.8. The van der Waals surface area contributed by atoms with E-state index in [0.29, 0.717) is 35.3 Å². The lowest BCUT2D eigenvalue weighted by Gasteiger charge is -2.50. The van der Waals surface area contributed by atoms with Gasteiger partial charge in [0, 0.05) is 50.2 Å². The number of nitrogens with one attached hydrogen (secondary N) is 1. The number of sulfonamides is 1. The van der Waals surface area contributed by atoms with Crippen LogP contribution in [-0.2, 0) is 40.4 Å². The molecule has 3 aromatic rings. The molecular formula is C36H47ClN4O5S. The third-order valence-corrected chi connectivity index (χ3v) is 13.2. The molecule has 1 N–H and O–H groups in total. The van der Waals surface area contributed by atoms with Gasteiger partial charge in [-0.15, -0.1) is 0 Å². The molecule has 3 heterocycles. The zero-order valence-corrected chi connectivity index (χ0v) is 29.4. The van der Waals surface area contributed by atoms with Crippen LogP contribution in [-0.4, -0.2) is 49.3 Å². The lowest BCUT2D eigenvalue weighted by atomic mass is 9.62. The number of aromatic nitrogens is 2. The average molecular weight is 683 g/mol. The molecule has 9 nitrogen and oxygen atoms in total. The number of imidazole rings is 1. The summed E-state index contributed by atoms with van der Waals surface area (Å²) >= 11 is 6.37. The van der Waals surface area contributed by atoms with Crippen molar-refractivity contribution in [1.82, 2.24) is 14.3 Å². The van der Waals surface area contributed by atoms with E-state index in [-0.39, 0.29) is 11.8 Å². The molecule has 0 radical (unpaired) electrons. The van der Waals surface area contributed by atoms with Crippen molar-refractivity contribution in [3.05, 3.63) is 76.3 Å². The molecule has 47 heavy (non-hydrogen) atoms. The molecule has 1 fully saturated rings. The highest BCUT2D eigenvalue weighted by Gasteiger charge is 2.51. The minimum Gasteiger partial charge on any atom is -0.487 e. The fourth-order valence-corrected chi connectivity index (χ4v) is 9.36. The van der Waals surface area contributed by atoms with Crippen LogP contribution in [0.5, 0.6) is 5.75 Å². The lowest BCUT2D eigenvalue weighted by Crippen LogP contribution is -2.51. The molecule has 1 aliphatic carbocycles. The van der Waals surface area contributed by atoms with Crippen molar-refractivity contribution in [3.8, 4) is 5.75 Å². The van der Waals surface area contributed by atoms with Gasteiger partial charge in [0.1, 0.15) is 23.8 Å². The Morgan fingerprint density at radius 1 is 1.06 bits per heavy atom. The number of hydrogen-bond acceptors (Lipinski definition) is 7. The highest BCUT2D eigenvalue weighted by atomic mass is 35.5. The summed E-state index contributed by atoms with van der Waals surface area (Å²) in [4.78, 5) is 20.7. The molecule has 0 spiro atoms. The van der Waals surface area contributed by atoms with Crippen LogP contribution in [0.2, 0.25) is 5.02 Å². The molecule has 2 aliphatic heterocycles. The van der Waals surface area contributed by atoms with Crippen LogP contribution in [0.4, 0.5) is 5.69 Å². The molecule has 5 atom stereocenters. The predicted octanol–water partition coefficient (Wildman–Crippen LogP) is 6.63. The molecule has 254 valence electrons. The first-order valence-corrected chi connectivity index (χ1v) is 18.8. The van der Waals surface area contributed by atoms with Crippen molar-refractivity contribution < 1.29 is 22.7 Å². The van der Waals surface area contributed by atoms with Gasteiger partial charge in [-0.1, -0.05) is 24.6 Å². The predicted molar refractivity (Wildman–Crippen MR) is 184 cm³/mol. The Morgan fingerprint density at radius 2 is 1.89 bits per heavy atom. The van der Waals surface area contributed by atoms with E-state index in [4.69, 9.17) is 26.1 Å². The largest absolute Gasteiger partial charge is 0.487 e. The molecule has 2 bridgehead atoms. The maximum absolute atomic E-state index is 13.5. The Hall–Kier alpha value is -3.08. The van der Waals surface area contributed by atoms with Crippen LogP contribution in [0.1, 0.15) is 86.1 Å². The van der Waals surface area contributed by atoms with Gasteiger partial charge in [0.05, 0.1) is 10.9 Å². The Morgan fingerprint density at radius 3 is 2.62 bits per heavy atom. The minimum absolute atomic E-state index is 0.171. The fourth-order valence-electron chi connectivity index (χ4n) is 7.85. The van der Waals surface area contributed by atoms with Crippen LogP contribution >= 0.6 is 11.6 Å². The molecule has 1 amide bonds. The van der Waals surface area contributed by atoms with Gasteiger partial charge in [-0.2, -0.15) is 0 Å². The number of ether oxygens (including phenoxy) is 2. The number of methoxy groups -OCH3 is 1. The summed E-state index contributed by atoms with van der Waals surface area (Å²) in [7, 11) is -0.121. The standard InChI is InChI=1S/C36H47ClN4O5S/c1-24-8-7-16-36(45-4,35-38-17-19-40(35)3)31-14-11-28(31)22-41-18-6-5-9-26-20-30(37)13-10-29(26)23-46-33-15-12-27(21-32(33)41)34(42)39-47(43,44)25(24)2/h10,12-13,15,17,19-21,24-25,28,31H,5-9,11,14,16,18,22-23H2,1-4H3,(H,39,42)/t24-,25+,28-,31+,36+/m0/s1. The first-order valence-electron chi connectivity index (χ1n) is 16.9. The highest BCUT2D eigenvalue weighted by molar-refractivity contribution is 7.90. The Bertz CT molecular complexity index is 1710. The van der Waals surface area contributed by atoms with Crippen LogP contribution < -0.4 is 14.4 Å². The van der Waals surface area contributed by atoms with Crippen molar-refractivity contribution in [3.63, 3.8) is 0 Å². The van der Waals surface area contributed by atoms with Crippen molar-refractivity contribution in [1.29, 1.82) is 0 Å². The number of anilines is 1. The molecule has 3 aliphatic rings. The summed E-state index contributed by atoms with van der Waals surface area (Å²) in [6, 6.07) is 11.2. The Labute approximate surface area is 284 Å². The van der Waals surface area contributed by atoms with Gasteiger partial charge in [-0.05, 0) is 118 Å². The zero-order chi connectivity index (χ0) is 33.3. The maximum atomic E-state index is 13.5. The average Bonchev–Trinajstić information content (AvgIpc) is 3.46. The number of nitrogens with zero attached hydrogens (tertiary/aromatic N) is 3. The van der Waals surface area contributed by atoms with Gasteiger partial charge >= 0.3 is 0 Å². The topological polar surface area (TPSA) is 103 Å². The summed E-state index contributed by atoms with van der Waals surface area (Å²) in [6.07, 6.45) is 10.8. The van der Waals surface area contributed by atoms with E-state index in [2.05, 4.69) is 14.2 Å². The van der Waals surface area contributed by atoms with E-state index in [1.165, 1.54) is 5.56 Å². The summed E-state index contributed by atoms with van der Waals surface area (Å²) in [6.45, 7) is 5.51. The van der Waals surface area contributed by atoms with Crippen molar-refractivity contribution in [2.24, 2.45) is 24.8 Å². The SMILES string of the molecule is CO[C@]1(c2nccn2C)CCC[C@H](C)[C@@H](C)S(=O)(=O)NC(=O)c2ccc3c(c2)N(CCCCc2cc(Cl)ccc2CO3)C[C@@H]2CC[C@H]21. The van der Waals surface area contributed by atoms with Crippen LogP contribution in [0.25, 0.3) is 0 Å². The first-order chi connectivity index (χ1) is 22.5. The van der Waals surface area contributed by atoms with E-state index in [0.717, 1.165) is 75.1 Å². The number of fused-ring (bicyclic) bond motifs is 3. The van der Waals surface area contributed by atoms with E-state index >= 15 is 0 Å². The van der Waals surface area contributed by atoms with E-state index in [9.17, 15) is 13.2 Å². The zero-order valence-electron chi connectivity index (χ0n) is 27.9. The molecule has 1 saturated carbocycles. The van der Waals surface area contributed by atoms with E-state index in [1.54, 1.807) is 32.2 Å². The van der Waals surface area contributed by atoms with Crippen LogP contribution in [0, 0.1) is 17.8 Å². The van der Waals surface area contributed by atoms with Gasteiger partial charge in [0.25, 0.3) is 5.91 Å². The maximum Gasteiger partial charge on any atom is 0.264 e. The summed E-state index contributed by atoms with van der Waals surface area (Å²) in [5, 5.41) is -0.0426. The van der Waals surface area contributed by atoms with Crippen molar-refractivity contribution >= 4 is 33.2 Å². The third kappa shape index (κ3) is 6.78. The number of aryl methyl sites for hydroxylation is 2. The van der Waals surface area contributed by atoms with Gasteiger partial charge in [0.2, 0.25) is 10.0 Å². The summed E-state index contributed by atoms with van der Waals surface area (Å²) in [5.41, 5.74) is 2.75. The van der Waals surface area contributed by atoms with Crippen molar-refractivity contribution in [2.75, 3.05) is 25.1 Å². The number of carbonyl (C=O) groups excluding carboxylic acids is 1. The summed E-state index contributed by atoms with van der Waals surface area (Å²) < 4.78 is 44.4. The molecule has 0 saturated heterocycles. The number of amides is 1. The molecule has 6 rings (SSSR count). The van der Waals surface area contributed by atoms with Gasteiger partial charge in [0.15, 0.2) is 0 Å². The van der Waals surface area contributed by atoms with Gasteiger partial charge in [-0.25, -0.2) is 18.1 Å². The number of halogens is 1. The number of hydrogen-bond donors (Lipinski definition) is 1. The second kappa shape index (κ2) is 13.8. The van der Waals surface area contributed by atoms with E-state index < -0.39 is 26.8 Å².